The summed E-state index contributed by atoms with van der Waals surface area (Å²) in [5.74, 6) is 0.502. The van der Waals surface area contributed by atoms with Crippen LogP contribution in [0.15, 0.2) is 55.1 Å². The minimum Gasteiger partial charge on any atom is -0.406 e. The normalized spacial score (nSPS) is 15.5. The predicted octanol–water partition coefficient (Wildman–Crippen LogP) is 4.22. The van der Waals surface area contributed by atoms with Gasteiger partial charge in [0.25, 0.3) is 0 Å². The SMILES string of the molecule is O=C(Nc1ccc(OC(F)(F)F)cc1)N1CCN(c2ncnc3c2C=C(c2ccncc2)C3)CC1. The van der Waals surface area contributed by atoms with Crippen LogP contribution in [0, 0.1) is 0 Å². The highest BCUT2D eigenvalue weighted by Gasteiger charge is 2.31. The molecule has 1 aromatic carbocycles. The molecule has 0 spiro atoms. The predicted molar refractivity (Wildman–Crippen MR) is 124 cm³/mol. The third-order valence-corrected chi connectivity index (χ3v) is 5.88. The van der Waals surface area contributed by atoms with Crippen molar-refractivity contribution in [3.05, 3.63) is 71.9 Å². The Labute approximate surface area is 199 Å². The van der Waals surface area contributed by atoms with Crippen molar-refractivity contribution in [3.8, 4) is 5.75 Å². The van der Waals surface area contributed by atoms with Crippen LogP contribution >= 0.6 is 0 Å². The average Bonchev–Trinajstić information content (AvgIpc) is 3.30. The average molecular weight is 482 g/mol. The lowest BCUT2D eigenvalue weighted by atomic mass is 10.1. The maximum atomic E-state index is 12.7. The van der Waals surface area contributed by atoms with Crippen LogP contribution in [-0.4, -0.2) is 58.4 Å². The van der Waals surface area contributed by atoms with Crippen LogP contribution in [0.2, 0.25) is 0 Å². The summed E-state index contributed by atoms with van der Waals surface area (Å²) in [5, 5.41) is 2.71. The number of carbonyl (C=O) groups excluding carboxylic acids is 1. The third-order valence-electron chi connectivity index (χ3n) is 5.88. The van der Waals surface area contributed by atoms with Gasteiger partial charge in [0.15, 0.2) is 0 Å². The molecular formula is C24H21F3N6O2. The lowest BCUT2D eigenvalue weighted by molar-refractivity contribution is -0.274. The number of hydrogen-bond donors (Lipinski definition) is 1. The second-order valence-corrected chi connectivity index (χ2v) is 8.12. The van der Waals surface area contributed by atoms with E-state index in [0.29, 0.717) is 31.9 Å². The number of nitrogens with zero attached hydrogens (tertiary/aromatic N) is 5. The topological polar surface area (TPSA) is 83.5 Å². The fourth-order valence-corrected chi connectivity index (χ4v) is 4.18. The highest BCUT2D eigenvalue weighted by atomic mass is 19.4. The van der Waals surface area contributed by atoms with Crippen LogP contribution in [0.5, 0.6) is 5.75 Å². The lowest BCUT2D eigenvalue weighted by Crippen LogP contribution is -2.50. The number of fused-ring (bicyclic) bond motifs is 1. The Balaban J connectivity index is 1.21. The highest BCUT2D eigenvalue weighted by Crippen LogP contribution is 2.35. The minimum absolute atomic E-state index is 0.318. The summed E-state index contributed by atoms with van der Waals surface area (Å²) >= 11 is 0. The van der Waals surface area contributed by atoms with E-state index in [9.17, 15) is 18.0 Å². The molecule has 1 fully saturated rings. The van der Waals surface area contributed by atoms with E-state index in [2.05, 4.69) is 36.0 Å². The van der Waals surface area contributed by atoms with Crippen molar-refractivity contribution in [1.29, 1.82) is 0 Å². The van der Waals surface area contributed by atoms with Gasteiger partial charge in [-0.25, -0.2) is 14.8 Å². The Kier molecular flexibility index (Phi) is 5.98. The first-order valence-corrected chi connectivity index (χ1v) is 11.0. The fourth-order valence-electron chi connectivity index (χ4n) is 4.18. The number of nitrogens with one attached hydrogen (secondary N) is 1. The lowest BCUT2D eigenvalue weighted by Gasteiger charge is -2.35. The molecule has 8 nitrogen and oxygen atoms in total. The number of anilines is 2. The van der Waals surface area contributed by atoms with Crippen LogP contribution in [0.25, 0.3) is 11.6 Å². The van der Waals surface area contributed by atoms with Gasteiger partial charge in [0, 0.05) is 56.2 Å². The summed E-state index contributed by atoms with van der Waals surface area (Å²) in [6.07, 6.45) is 3.18. The fraction of sp³-hybridized carbons (Fsp3) is 0.250. The molecule has 11 heteroatoms. The molecular weight excluding hydrogens is 461 g/mol. The van der Waals surface area contributed by atoms with E-state index in [1.807, 2.05) is 12.1 Å². The molecule has 1 aliphatic heterocycles. The first kappa shape index (κ1) is 22.6. The monoisotopic (exact) mass is 482 g/mol. The van der Waals surface area contributed by atoms with Crippen molar-refractivity contribution < 1.29 is 22.7 Å². The van der Waals surface area contributed by atoms with Gasteiger partial charge in [-0.2, -0.15) is 0 Å². The van der Waals surface area contributed by atoms with E-state index in [1.165, 1.54) is 12.1 Å². The number of hydrogen-bond acceptors (Lipinski definition) is 6. The van der Waals surface area contributed by atoms with Crippen molar-refractivity contribution in [2.45, 2.75) is 12.8 Å². The molecule has 3 heterocycles. The first-order chi connectivity index (χ1) is 16.9. The minimum atomic E-state index is -4.76. The Bertz CT molecular complexity index is 1240. The largest absolute Gasteiger partial charge is 0.573 e. The van der Waals surface area contributed by atoms with Crippen LogP contribution in [0.1, 0.15) is 16.8 Å². The number of benzene rings is 1. The molecule has 2 aromatic heterocycles. The zero-order valence-electron chi connectivity index (χ0n) is 18.5. The van der Waals surface area contributed by atoms with E-state index < -0.39 is 6.36 Å². The molecule has 0 radical (unpaired) electrons. The molecule has 180 valence electrons. The van der Waals surface area contributed by atoms with E-state index in [1.54, 1.807) is 23.6 Å². The molecule has 5 rings (SSSR count). The van der Waals surface area contributed by atoms with Gasteiger partial charge in [-0.1, -0.05) is 0 Å². The van der Waals surface area contributed by atoms with Crippen LogP contribution in [0.4, 0.5) is 29.5 Å². The van der Waals surface area contributed by atoms with Gasteiger partial charge in [-0.15, -0.1) is 13.2 Å². The molecule has 1 N–H and O–H groups in total. The molecule has 0 bridgehead atoms. The smallest absolute Gasteiger partial charge is 0.406 e. The number of allylic oxidation sites excluding steroid dienone is 1. The van der Waals surface area contributed by atoms with E-state index >= 15 is 0 Å². The zero-order chi connectivity index (χ0) is 24.4. The van der Waals surface area contributed by atoms with Gasteiger partial charge in [-0.3, -0.25) is 4.98 Å². The number of alkyl halides is 3. The molecule has 35 heavy (non-hydrogen) atoms. The van der Waals surface area contributed by atoms with Crippen molar-refractivity contribution in [2.24, 2.45) is 0 Å². The standard InChI is InChI=1S/C24H21F3N6O2/c25-24(26,27)35-19-3-1-18(2-4-19)31-23(34)33-11-9-32(10-12-33)22-20-13-17(14-21(20)29-15-30-22)16-5-7-28-8-6-16/h1-8,13,15H,9-12,14H2,(H,31,34). The van der Waals surface area contributed by atoms with Crippen LogP contribution in [-0.2, 0) is 6.42 Å². The van der Waals surface area contributed by atoms with E-state index in [-0.39, 0.29) is 11.8 Å². The number of halogens is 3. The zero-order valence-corrected chi connectivity index (χ0v) is 18.5. The van der Waals surface area contributed by atoms with Crippen LogP contribution in [0.3, 0.4) is 0 Å². The van der Waals surface area contributed by atoms with Gasteiger partial charge in [0.05, 0.1) is 5.69 Å². The third kappa shape index (κ3) is 5.18. The molecule has 3 aromatic rings. The molecule has 0 unspecified atom stereocenters. The number of aromatic nitrogens is 3. The first-order valence-electron chi connectivity index (χ1n) is 11.0. The number of carbonyl (C=O) groups is 1. The highest BCUT2D eigenvalue weighted by molar-refractivity contribution is 5.91. The van der Waals surface area contributed by atoms with Gasteiger partial charge >= 0.3 is 12.4 Å². The molecule has 1 saturated heterocycles. The summed E-state index contributed by atoms with van der Waals surface area (Å²) in [6, 6.07) is 8.67. The van der Waals surface area contributed by atoms with Crippen molar-refractivity contribution in [2.75, 3.05) is 36.4 Å². The van der Waals surface area contributed by atoms with E-state index in [0.717, 1.165) is 46.8 Å². The van der Waals surface area contributed by atoms with Gasteiger partial charge in [0.1, 0.15) is 17.9 Å². The number of piperazine rings is 1. The summed E-state index contributed by atoms with van der Waals surface area (Å²) in [5.41, 5.74) is 4.62. The Morgan fingerprint density at radius 1 is 0.971 bits per heavy atom. The number of ether oxygens (including phenoxy) is 1. The van der Waals surface area contributed by atoms with Crippen molar-refractivity contribution >= 4 is 29.2 Å². The van der Waals surface area contributed by atoms with E-state index in [4.69, 9.17) is 0 Å². The van der Waals surface area contributed by atoms with Crippen molar-refractivity contribution in [1.82, 2.24) is 19.9 Å². The summed E-state index contributed by atoms with van der Waals surface area (Å²) in [4.78, 5) is 29.5. The van der Waals surface area contributed by atoms with Crippen molar-refractivity contribution in [3.63, 3.8) is 0 Å². The number of pyridine rings is 1. The second kappa shape index (κ2) is 9.24. The maximum Gasteiger partial charge on any atom is 0.573 e. The molecule has 2 aliphatic rings. The number of amides is 2. The quantitative estimate of drug-likeness (QED) is 0.600. The second-order valence-electron chi connectivity index (χ2n) is 8.12. The Morgan fingerprint density at radius 2 is 1.69 bits per heavy atom. The van der Waals surface area contributed by atoms with Gasteiger partial charge in [0.2, 0.25) is 0 Å². The van der Waals surface area contributed by atoms with Gasteiger partial charge in [-0.05, 0) is 53.6 Å². The summed E-state index contributed by atoms with van der Waals surface area (Å²) < 4.78 is 40.8. The Morgan fingerprint density at radius 3 is 2.37 bits per heavy atom. The molecule has 0 saturated carbocycles. The molecule has 0 atom stereocenters. The Hall–Kier alpha value is -4.15. The number of rotatable bonds is 4. The molecule has 1 aliphatic carbocycles. The summed E-state index contributed by atoms with van der Waals surface area (Å²) in [7, 11) is 0. The maximum absolute atomic E-state index is 12.7. The van der Waals surface area contributed by atoms with Gasteiger partial charge < -0.3 is 19.9 Å². The van der Waals surface area contributed by atoms with Crippen LogP contribution < -0.4 is 15.0 Å². The molecule has 2 amide bonds. The number of urea groups is 1. The summed E-state index contributed by atoms with van der Waals surface area (Å²) in [6.45, 7) is 2.13.